The summed E-state index contributed by atoms with van der Waals surface area (Å²) in [6.07, 6.45) is 3.12. The molecular weight excluding hydrogens is 216 g/mol. The van der Waals surface area contributed by atoms with Crippen molar-refractivity contribution in [2.45, 2.75) is 51.6 Å². The van der Waals surface area contributed by atoms with Gasteiger partial charge in [0.15, 0.2) is 0 Å². The minimum atomic E-state index is -0.743. The van der Waals surface area contributed by atoms with Gasteiger partial charge in [-0.15, -0.1) is 0 Å². The molecule has 17 heavy (non-hydrogen) atoms. The largest absolute Gasteiger partial charge is 0.480 e. The van der Waals surface area contributed by atoms with E-state index in [-0.39, 0.29) is 0 Å². The highest BCUT2D eigenvalue weighted by Crippen LogP contribution is 2.40. The normalized spacial score (nSPS) is 21.2. The van der Waals surface area contributed by atoms with Gasteiger partial charge in [-0.05, 0) is 45.7 Å². The summed E-state index contributed by atoms with van der Waals surface area (Å²) >= 11 is 0. The number of hydrogen-bond acceptors (Lipinski definition) is 3. The summed E-state index contributed by atoms with van der Waals surface area (Å²) in [7, 11) is 2.02. The Morgan fingerprint density at radius 2 is 2.12 bits per heavy atom. The van der Waals surface area contributed by atoms with E-state index in [0.29, 0.717) is 25.0 Å². The van der Waals surface area contributed by atoms with Gasteiger partial charge < -0.3 is 15.3 Å². The van der Waals surface area contributed by atoms with Gasteiger partial charge in [0.2, 0.25) is 0 Å². The van der Waals surface area contributed by atoms with Crippen LogP contribution in [0.25, 0.3) is 0 Å². The fourth-order valence-corrected chi connectivity index (χ4v) is 2.40. The summed E-state index contributed by atoms with van der Waals surface area (Å²) in [5.41, 5.74) is -0.743. The molecule has 4 heteroatoms. The van der Waals surface area contributed by atoms with Gasteiger partial charge in [-0.3, -0.25) is 4.79 Å². The maximum Gasteiger partial charge on any atom is 0.325 e. The van der Waals surface area contributed by atoms with E-state index < -0.39 is 11.5 Å². The molecule has 1 rings (SSSR count). The quantitative estimate of drug-likeness (QED) is 0.678. The Balaban J connectivity index is 2.78. The standard InChI is InChI=1S/C13H26N2O2/c1-5-10(3)15(4)9-13(12(16)17,14-6-2)11-7-8-11/h10-11,14H,5-9H2,1-4H3,(H,16,17). The Labute approximate surface area is 104 Å². The van der Waals surface area contributed by atoms with E-state index in [9.17, 15) is 9.90 Å². The lowest BCUT2D eigenvalue weighted by Gasteiger charge is -2.36. The van der Waals surface area contributed by atoms with Crippen LogP contribution in [0, 0.1) is 5.92 Å². The molecule has 1 aliphatic rings. The van der Waals surface area contributed by atoms with E-state index in [0.717, 1.165) is 19.3 Å². The van der Waals surface area contributed by atoms with Crippen LogP contribution in [0.4, 0.5) is 0 Å². The second-order valence-corrected chi connectivity index (χ2v) is 5.25. The SMILES string of the molecule is CCNC(CN(C)C(C)CC)(C(=O)O)C1CC1. The molecule has 2 atom stereocenters. The average molecular weight is 242 g/mol. The van der Waals surface area contributed by atoms with E-state index in [1.165, 1.54) is 0 Å². The first kappa shape index (κ1) is 14.5. The van der Waals surface area contributed by atoms with Crippen LogP contribution >= 0.6 is 0 Å². The summed E-state index contributed by atoms with van der Waals surface area (Å²) in [6, 6.07) is 0.422. The van der Waals surface area contributed by atoms with Gasteiger partial charge in [-0.1, -0.05) is 13.8 Å². The highest BCUT2D eigenvalue weighted by atomic mass is 16.4. The lowest BCUT2D eigenvalue weighted by Crippen LogP contribution is -2.61. The minimum absolute atomic E-state index is 0.298. The minimum Gasteiger partial charge on any atom is -0.480 e. The Morgan fingerprint density at radius 1 is 1.53 bits per heavy atom. The molecule has 1 saturated carbocycles. The van der Waals surface area contributed by atoms with Crippen LogP contribution in [-0.4, -0.2) is 47.7 Å². The van der Waals surface area contributed by atoms with Crippen LogP contribution in [0.15, 0.2) is 0 Å². The van der Waals surface area contributed by atoms with E-state index in [2.05, 4.69) is 24.1 Å². The van der Waals surface area contributed by atoms with Crippen LogP contribution in [0.5, 0.6) is 0 Å². The fraction of sp³-hybridized carbons (Fsp3) is 0.923. The molecule has 2 unspecified atom stereocenters. The number of carboxylic acids is 1. The molecule has 100 valence electrons. The fourth-order valence-electron chi connectivity index (χ4n) is 2.40. The molecule has 0 aromatic carbocycles. The predicted octanol–water partition coefficient (Wildman–Crippen LogP) is 1.56. The molecule has 1 fully saturated rings. The molecule has 0 aromatic rings. The zero-order chi connectivity index (χ0) is 13.1. The van der Waals surface area contributed by atoms with Crippen molar-refractivity contribution in [3.63, 3.8) is 0 Å². The molecule has 0 heterocycles. The number of rotatable bonds is 8. The number of aliphatic carboxylic acids is 1. The summed E-state index contributed by atoms with van der Waals surface area (Å²) in [5.74, 6) is -0.400. The molecule has 4 nitrogen and oxygen atoms in total. The van der Waals surface area contributed by atoms with Crippen LogP contribution < -0.4 is 5.32 Å². The van der Waals surface area contributed by atoms with Crippen LogP contribution in [0.1, 0.15) is 40.0 Å². The smallest absolute Gasteiger partial charge is 0.325 e. The van der Waals surface area contributed by atoms with Gasteiger partial charge in [-0.2, -0.15) is 0 Å². The van der Waals surface area contributed by atoms with E-state index in [1.807, 2.05) is 14.0 Å². The van der Waals surface area contributed by atoms with Crippen molar-refractivity contribution in [1.82, 2.24) is 10.2 Å². The Hall–Kier alpha value is -0.610. The first-order chi connectivity index (χ1) is 7.97. The number of carbonyl (C=O) groups is 1. The summed E-state index contributed by atoms with van der Waals surface area (Å²) in [6.45, 7) is 7.55. The van der Waals surface area contributed by atoms with Gasteiger partial charge in [0.25, 0.3) is 0 Å². The first-order valence-electron chi connectivity index (χ1n) is 6.66. The Morgan fingerprint density at radius 3 is 2.47 bits per heavy atom. The monoisotopic (exact) mass is 242 g/mol. The summed E-state index contributed by atoms with van der Waals surface area (Å²) < 4.78 is 0. The van der Waals surface area contributed by atoms with E-state index in [1.54, 1.807) is 0 Å². The maximum absolute atomic E-state index is 11.7. The highest BCUT2D eigenvalue weighted by Gasteiger charge is 2.51. The molecule has 0 bridgehead atoms. The zero-order valence-corrected chi connectivity index (χ0v) is 11.5. The van der Waals surface area contributed by atoms with E-state index in [4.69, 9.17) is 0 Å². The number of likely N-dealkylation sites (N-methyl/N-ethyl adjacent to an activating group) is 2. The van der Waals surface area contributed by atoms with Crippen molar-refractivity contribution < 1.29 is 9.90 Å². The molecule has 0 spiro atoms. The number of hydrogen-bond donors (Lipinski definition) is 2. The highest BCUT2D eigenvalue weighted by molar-refractivity contribution is 5.80. The molecule has 0 aliphatic heterocycles. The van der Waals surface area contributed by atoms with Crippen molar-refractivity contribution in [3.8, 4) is 0 Å². The molecule has 2 N–H and O–H groups in total. The number of carboxylic acid groups (broad SMARTS) is 1. The second kappa shape index (κ2) is 5.83. The van der Waals surface area contributed by atoms with Crippen LogP contribution in [-0.2, 0) is 4.79 Å². The molecule has 0 aromatic heterocycles. The first-order valence-corrected chi connectivity index (χ1v) is 6.66. The van der Waals surface area contributed by atoms with Crippen molar-refractivity contribution in [3.05, 3.63) is 0 Å². The second-order valence-electron chi connectivity index (χ2n) is 5.25. The Kier molecular flexibility index (Phi) is 4.95. The maximum atomic E-state index is 11.7. The van der Waals surface area contributed by atoms with Crippen molar-refractivity contribution in [2.75, 3.05) is 20.1 Å². The number of nitrogens with zero attached hydrogens (tertiary/aromatic N) is 1. The topological polar surface area (TPSA) is 52.6 Å². The van der Waals surface area contributed by atoms with Gasteiger partial charge in [0.1, 0.15) is 5.54 Å². The molecule has 0 radical (unpaired) electrons. The molecule has 0 saturated heterocycles. The third-order valence-electron chi connectivity index (χ3n) is 3.99. The van der Waals surface area contributed by atoms with Gasteiger partial charge in [-0.25, -0.2) is 0 Å². The van der Waals surface area contributed by atoms with Crippen LogP contribution in [0.3, 0.4) is 0 Å². The summed E-state index contributed by atoms with van der Waals surface area (Å²) in [4.78, 5) is 13.8. The lowest BCUT2D eigenvalue weighted by atomic mass is 9.91. The average Bonchev–Trinajstić information content (AvgIpc) is 3.10. The van der Waals surface area contributed by atoms with E-state index >= 15 is 0 Å². The van der Waals surface area contributed by atoms with Gasteiger partial charge in [0.05, 0.1) is 0 Å². The predicted molar refractivity (Wildman–Crippen MR) is 69.2 cm³/mol. The third-order valence-corrected chi connectivity index (χ3v) is 3.99. The number of nitrogens with one attached hydrogen (secondary N) is 1. The molecule has 0 amide bonds. The van der Waals surface area contributed by atoms with Gasteiger partial charge >= 0.3 is 5.97 Å². The van der Waals surface area contributed by atoms with Crippen LogP contribution in [0.2, 0.25) is 0 Å². The lowest BCUT2D eigenvalue weighted by molar-refractivity contribution is -0.147. The van der Waals surface area contributed by atoms with Crippen molar-refractivity contribution >= 4 is 5.97 Å². The van der Waals surface area contributed by atoms with Crippen molar-refractivity contribution in [1.29, 1.82) is 0 Å². The van der Waals surface area contributed by atoms with Gasteiger partial charge in [0, 0.05) is 12.6 Å². The molecular formula is C13H26N2O2. The molecule has 1 aliphatic carbocycles. The third kappa shape index (κ3) is 3.19. The summed E-state index contributed by atoms with van der Waals surface area (Å²) in [5, 5.41) is 12.8. The zero-order valence-electron chi connectivity index (χ0n) is 11.5. The Bertz CT molecular complexity index is 266. The van der Waals surface area contributed by atoms with Crippen molar-refractivity contribution in [2.24, 2.45) is 5.92 Å².